The van der Waals surface area contributed by atoms with Crippen molar-refractivity contribution in [2.75, 3.05) is 6.61 Å². The molecule has 1 rings (SSSR count). The number of aliphatic hydroxyl groups is 2. The third kappa shape index (κ3) is 6.93. The summed E-state index contributed by atoms with van der Waals surface area (Å²) in [5, 5.41) is 20.4. The second-order valence-electron chi connectivity index (χ2n) is 5.04. The smallest absolute Gasteiger partial charge is 0.305 e. The lowest BCUT2D eigenvalue weighted by atomic mass is 10.0. The van der Waals surface area contributed by atoms with E-state index in [1.54, 1.807) is 6.07 Å². The Bertz CT molecular complexity index is 436. The Kier molecular flexibility index (Phi) is 8.35. The van der Waals surface area contributed by atoms with E-state index in [0.29, 0.717) is 11.4 Å². The minimum absolute atomic E-state index is 0.114. The van der Waals surface area contributed by atoms with E-state index in [-0.39, 0.29) is 25.4 Å². The van der Waals surface area contributed by atoms with Crippen LogP contribution in [0, 0.1) is 0 Å². The molecule has 0 saturated heterocycles. The highest BCUT2D eigenvalue weighted by Gasteiger charge is 2.18. The van der Waals surface area contributed by atoms with Crippen molar-refractivity contribution < 1.29 is 19.7 Å². The first-order valence-electron chi connectivity index (χ1n) is 7.29. The molecule has 0 radical (unpaired) electrons. The molecule has 21 heavy (non-hydrogen) atoms. The van der Waals surface area contributed by atoms with Crippen LogP contribution >= 0.6 is 11.6 Å². The second kappa shape index (κ2) is 9.77. The number of halogens is 1. The molecule has 1 aromatic rings. The number of benzene rings is 1. The van der Waals surface area contributed by atoms with Gasteiger partial charge in [-0.25, -0.2) is 0 Å². The molecule has 0 saturated carbocycles. The molecule has 2 N–H and O–H groups in total. The molecule has 0 fully saturated rings. The summed E-state index contributed by atoms with van der Waals surface area (Å²) in [5.74, 6) is -0.260. The summed E-state index contributed by atoms with van der Waals surface area (Å²) in [6.07, 6.45) is 0.743. The molecule has 0 aliphatic rings. The summed E-state index contributed by atoms with van der Waals surface area (Å²) in [4.78, 5) is 11.3. The lowest BCUT2D eigenvalue weighted by Crippen LogP contribution is -2.29. The van der Waals surface area contributed by atoms with Gasteiger partial charge in [-0.15, -0.1) is 0 Å². The average molecular weight is 315 g/mol. The molecule has 0 bridgehead atoms. The number of hydrogen-bond acceptors (Lipinski definition) is 4. The fraction of sp³-hybridized carbons (Fsp3) is 0.562. The Hall–Kier alpha value is -1.10. The van der Waals surface area contributed by atoms with Crippen molar-refractivity contribution >= 4 is 17.6 Å². The number of rotatable bonds is 9. The topological polar surface area (TPSA) is 66.8 Å². The van der Waals surface area contributed by atoms with E-state index in [4.69, 9.17) is 16.3 Å². The number of hydrogen-bond donors (Lipinski definition) is 2. The van der Waals surface area contributed by atoms with Crippen LogP contribution in [0.3, 0.4) is 0 Å². The van der Waals surface area contributed by atoms with Gasteiger partial charge in [0.2, 0.25) is 0 Å². The van der Waals surface area contributed by atoms with Crippen molar-refractivity contribution in [2.24, 2.45) is 0 Å². The third-order valence-corrected chi connectivity index (χ3v) is 3.61. The van der Waals surface area contributed by atoms with Gasteiger partial charge in [0, 0.05) is 24.3 Å². The molecule has 2 unspecified atom stereocenters. The molecule has 1 aromatic carbocycles. The minimum atomic E-state index is -0.944. The molecule has 0 aliphatic carbocycles. The Morgan fingerprint density at radius 1 is 1.29 bits per heavy atom. The molecule has 118 valence electrons. The highest BCUT2D eigenvalue weighted by atomic mass is 35.5. The molecule has 0 aromatic heterocycles. The summed E-state index contributed by atoms with van der Waals surface area (Å²) >= 11 is 6.01. The predicted octanol–water partition coefficient (Wildman–Crippen LogP) is 2.73. The minimum Gasteiger partial charge on any atom is -0.466 e. The predicted molar refractivity (Wildman–Crippen MR) is 82.3 cm³/mol. The Morgan fingerprint density at radius 3 is 2.67 bits per heavy atom. The quantitative estimate of drug-likeness (QED) is 0.688. The van der Waals surface area contributed by atoms with Crippen LogP contribution in [0.1, 0.15) is 38.2 Å². The van der Waals surface area contributed by atoms with Gasteiger partial charge in [-0.05, 0) is 18.1 Å². The lowest BCUT2D eigenvalue weighted by Gasteiger charge is -2.18. The average Bonchev–Trinajstić information content (AvgIpc) is 2.47. The van der Waals surface area contributed by atoms with Crippen molar-refractivity contribution in [3.63, 3.8) is 0 Å². The monoisotopic (exact) mass is 314 g/mol. The lowest BCUT2D eigenvalue weighted by molar-refractivity contribution is -0.144. The van der Waals surface area contributed by atoms with Crippen LogP contribution in [-0.4, -0.2) is 35.0 Å². The molecule has 4 nitrogen and oxygen atoms in total. The molecular formula is C16H23ClO4. The SMILES string of the molecule is CCCCC(=O)OCCC(O)C(O)Cc1ccccc1Cl. The van der Waals surface area contributed by atoms with Gasteiger partial charge in [0.05, 0.1) is 18.8 Å². The number of aliphatic hydroxyl groups excluding tert-OH is 2. The summed E-state index contributed by atoms with van der Waals surface area (Å²) < 4.78 is 5.00. The zero-order chi connectivity index (χ0) is 15.7. The highest BCUT2D eigenvalue weighted by Crippen LogP contribution is 2.18. The molecule has 0 spiro atoms. The van der Waals surface area contributed by atoms with Crippen LogP contribution in [0.4, 0.5) is 0 Å². The van der Waals surface area contributed by atoms with Gasteiger partial charge in [0.25, 0.3) is 0 Å². The van der Waals surface area contributed by atoms with E-state index >= 15 is 0 Å². The van der Waals surface area contributed by atoms with Crippen molar-refractivity contribution in [1.29, 1.82) is 0 Å². The van der Waals surface area contributed by atoms with E-state index < -0.39 is 12.2 Å². The number of carbonyl (C=O) groups is 1. The van der Waals surface area contributed by atoms with Crippen molar-refractivity contribution in [3.05, 3.63) is 34.9 Å². The summed E-state index contributed by atoms with van der Waals surface area (Å²) in [5.41, 5.74) is 0.783. The van der Waals surface area contributed by atoms with E-state index in [9.17, 15) is 15.0 Å². The van der Waals surface area contributed by atoms with E-state index in [2.05, 4.69) is 0 Å². The molecule has 5 heteroatoms. The summed E-state index contributed by atoms with van der Waals surface area (Å²) in [7, 11) is 0. The first-order valence-corrected chi connectivity index (χ1v) is 7.67. The fourth-order valence-corrected chi connectivity index (χ4v) is 2.12. The molecule has 0 heterocycles. The second-order valence-corrected chi connectivity index (χ2v) is 5.45. The van der Waals surface area contributed by atoms with Crippen LogP contribution in [0.2, 0.25) is 5.02 Å². The Balaban J connectivity index is 2.30. The van der Waals surface area contributed by atoms with Gasteiger partial charge in [-0.3, -0.25) is 4.79 Å². The maximum absolute atomic E-state index is 11.3. The van der Waals surface area contributed by atoms with Crippen molar-refractivity contribution in [1.82, 2.24) is 0 Å². The highest BCUT2D eigenvalue weighted by molar-refractivity contribution is 6.31. The first kappa shape index (κ1) is 18.0. The zero-order valence-electron chi connectivity index (χ0n) is 12.3. The fourth-order valence-electron chi connectivity index (χ4n) is 1.90. The summed E-state index contributed by atoms with van der Waals surface area (Å²) in [6.45, 7) is 2.12. The third-order valence-electron chi connectivity index (χ3n) is 3.24. The van der Waals surface area contributed by atoms with Gasteiger partial charge in [-0.2, -0.15) is 0 Å². The normalized spacial score (nSPS) is 13.7. The first-order chi connectivity index (χ1) is 10.0. The molecule has 2 atom stereocenters. The van der Waals surface area contributed by atoms with Gasteiger partial charge in [-0.1, -0.05) is 43.1 Å². The number of carbonyl (C=O) groups excluding carboxylic acids is 1. The van der Waals surface area contributed by atoms with Gasteiger partial charge < -0.3 is 14.9 Å². The number of esters is 1. The molecular weight excluding hydrogens is 292 g/mol. The van der Waals surface area contributed by atoms with Gasteiger partial charge in [0.1, 0.15) is 0 Å². The van der Waals surface area contributed by atoms with Crippen LogP contribution in [0.25, 0.3) is 0 Å². The summed E-state index contributed by atoms with van der Waals surface area (Å²) in [6, 6.07) is 7.19. The van der Waals surface area contributed by atoms with Crippen LogP contribution in [-0.2, 0) is 16.0 Å². The van der Waals surface area contributed by atoms with Crippen molar-refractivity contribution in [2.45, 2.75) is 51.2 Å². The molecule has 0 aliphatic heterocycles. The van der Waals surface area contributed by atoms with E-state index in [1.165, 1.54) is 0 Å². The Morgan fingerprint density at radius 2 is 2.00 bits per heavy atom. The van der Waals surface area contributed by atoms with E-state index in [1.807, 2.05) is 25.1 Å². The van der Waals surface area contributed by atoms with Crippen LogP contribution in [0.5, 0.6) is 0 Å². The largest absolute Gasteiger partial charge is 0.466 e. The van der Waals surface area contributed by atoms with Crippen LogP contribution in [0.15, 0.2) is 24.3 Å². The molecule has 0 amide bonds. The number of unbranched alkanes of at least 4 members (excludes halogenated alkanes) is 1. The van der Waals surface area contributed by atoms with Gasteiger partial charge in [0.15, 0.2) is 0 Å². The maximum atomic E-state index is 11.3. The maximum Gasteiger partial charge on any atom is 0.305 e. The van der Waals surface area contributed by atoms with E-state index in [0.717, 1.165) is 18.4 Å². The van der Waals surface area contributed by atoms with Gasteiger partial charge >= 0.3 is 5.97 Å². The van der Waals surface area contributed by atoms with Crippen LogP contribution < -0.4 is 0 Å². The standard InChI is InChI=1S/C16H23ClO4/c1-2-3-8-16(20)21-10-9-14(18)15(19)11-12-6-4-5-7-13(12)17/h4-7,14-15,18-19H,2-3,8-11H2,1H3. The zero-order valence-corrected chi connectivity index (χ0v) is 13.1. The number of ether oxygens (including phenoxy) is 1. The van der Waals surface area contributed by atoms with Crippen molar-refractivity contribution in [3.8, 4) is 0 Å². The Labute approximate surface area is 130 Å².